The highest BCUT2D eigenvalue weighted by Gasteiger charge is 2.40. The third kappa shape index (κ3) is 5.76. The van der Waals surface area contributed by atoms with Gasteiger partial charge in [-0.2, -0.15) is 0 Å². The van der Waals surface area contributed by atoms with Crippen molar-refractivity contribution in [3.8, 4) is 0 Å². The number of hydrogen-bond donors (Lipinski definition) is 0. The second kappa shape index (κ2) is 7.16. The molecule has 0 N–H and O–H groups in total. The highest BCUT2D eigenvalue weighted by Crippen LogP contribution is 2.36. The van der Waals surface area contributed by atoms with E-state index in [-0.39, 0.29) is 5.97 Å². The van der Waals surface area contributed by atoms with Crippen LogP contribution in [-0.2, 0) is 19.7 Å². The van der Waals surface area contributed by atoms with E-state index < -0.39 is 16.4 Å². The molecule has 0 aliphatic heterocycles. The molecule has 0 radical (unpaired) electrons. The van der Waals surface area contributed by atoms with Crippen LogP contribution in [0.3, 0.4) is 0 Å². The number of carbonyl (C=O) groups is 2. The van der Waals surface area contributed by atoms with Crippen LogP contribution in [-0.4, -0.2) is 17.9 Å². The lowest BCUT2D eigenvalue weighted by atomic mass is 9.74. The summed E-state index contributed by atoms with van der Waals surface area (Å²) in [4.78, 5) is 24.1. The summed E-state index contributed by atoms with van der Waals surface area (Å²) < 4.78 is 6.57. The molecule has 1 rings (SSSR count). The van der Waals surface area contributed by atoms with E-state index in [0.29, 0.717) is 12.8 Å². The van der Waals surface area contributed by atoms with E-state index in [9.17, 15) is 9.59 Å². The van der Waals surface area contributed by atoms with Crippen LogP contribution < -0.4 is 0 Å². The number of esters is 1. The molecule has 0 heterocycles. The molecule has 23 heavy (non-hydrogen) atoms. The van der Waals surface area contributed by atoms with Crippen LogP contribution >= 0.6 is 15.9 Å². The van der Waals surface area contributed by atoms with Crippen molar-refractivity contribution in [3.63, 3.8) is 0 Å². The van der Waals surface area contributed by atoms with Crippen LogP contribution in [0.4, 0.5) is 0 Å². The summed E-state index contributed by atoms with van der Waals surface area (Å²) in [5.41, 5.74) is -0.917. The standard InChI is InChI=1S/C19H27BrO3/c1-17(2,3)23-16(22)19(6,11-10-18(4,5)13-21)14-8-7-9-15(20)12-14/h7-9,12-13H,10-11H2,1-6H3. The monoisotopic (exact) mass is 382 g/mol. The topological polar surface area (TPSA) is 43.4 Å². The number of halogens is 1. The van der Waals surface area contributed by atoms with Crippen molar-refractivity contribution in [2.75, 3.05) is 0 Å². The Hall–Kier alpha value is -1.16. The molecule has 1 unspecified atom stereocenters. The lowest BCUT2D eigenvalue weighted by Gasteiger charge is -2.33. The Balaban J connectivity index is 3.19. The van der Waals surface area contributed by atoms with Crippen LogP contribution in [0.2, 0.25) is 0 Å². The molecule has 0 amide bonds. The number of aldehydes is 1. The van der Waals surface area contributed by atoms with E-state index in [1.165, 1.54) is 0 Å². The van der Waals surface area contributed by atoms with Gasteiger partial charge in [0.05, 0.1) is 5.41 Å². The summed E-state index contributed by atoms with van der Waals surface area (Å²) in [6, 6.07) is 7.71. The third-order valence-corrected chi connectivity index (χ3v) is 4.39. The van der Waals surface area contributed by atoms with Crippen molar-refractivity contribution >= 4 is 28.2 Å². The first-order valence-corrected chi connectivity index (χ1v) is 8.65. The maximum atomic E-state index is 12.9. The van der Waals surface area contributed by atoms with Gasteiger partial charge in [-0.3, -0.25) is 4.79 Å². The molecule has 0 bridgehead atoms. The molecule has 0 aromatic heterocycles. The second-order valence-electron chi connectivity index (χ2n) is 7.95. The van der Waals surface area contributed by atoms with Gasteiger partial charge in [0.1, 0.15) is 11.9 Å². The molecule has 0 fully saturated rings. The number of benzene rings is 1. The van der Waals surface area contributed by atoms with Crippen molar-refractivity contribution in [1.29, 1.82) is 0 Å². The van der Waals surface area contributed by atoms with Gasteiger partial charge < -0.3 is 9.53 Å². The molecule has 0 aliphatic carbocycles. The number of ether oxygens (including phenoxy) is 1. The first kappa shape index (κ1) is 19.9. The van der Waals surface area contributed by atoms with Gasteiger partial charge in [-0.05, 0) is 58.2 Å². The minimum Gasteiger partial charge on any atom is -0.459 e. The Bertz CT molecular complexity index is 572. The van der Waals surface area contributed by atoms with Crippen molar-refractivity contribution in [2.24, 2.45) is 5.41 Å². The molecule has 0 saturated heterocycles. The first-order chi connectivity index (χ1) is 10.4. The lowest BCUT2D eigenvalue weighted by Crippen LogP contribution is -2.40. The minimum absolute atomic E-state index is 0.259. The normalized spacial score (nSPS) is 14.9. The highest BCUT2D eigenvalue weighted by atomic mass is 79.9. The predicted octanol–water partition coefficient (Wildman–Crippen LogP) is 5.05. The van der Waals surface area contributed by atoms with Gasteiger partial charge in [-0.15, -0.1) is 0 Å². The van der Waals surface area contributed by atoms with E-state index in [4.69, 9.17) is 4.74 Å². The maximum Gasteiger partial charge on any atom is 0.316 e. The summed E-state index contributed by atoms with van der Waals surface area (Å²) in [6.07, 6.45) is 2.10. The zero-order valence-corrected chi connectivity index (χ0v) is 16.5. The Morgan fingerprint density at radius 2 is 1.74 bits per heavy atom. The quantitative estimate of drug-likeness (QED) is 0.510. The fraction of sp³-hybridized carbons (Fsp3) is 0.579. The SMILES string of the molecule is CC(C)(C=O)CCC(C)(C(=O)OC(C)(C)C)c1cccc(Br)c1. The summed E-state index contributed by atoms with van der Waals surface area (Å²) >= 11 is 3.46. The average molecular weight is 383 g/mol. The summed E-state index contributed by atoms with van der Waals surface area (Å²) in [5.74, 6) is -0.259. The smallest absolute Gasteiger partial charge is 0.316 e. The highest BCUT2D eigenvalue weighted by molar-refractivity contribution is 9.10. The molecular formula is C19H27BrO3. The molecule has 1 aromatic rings. The van der Waals surface area contributed by atoms with Crippen LogP contribution in [0.15, 0.2) is 28.7 Å². The van der Waals surface area contributed by atoms with Crippen molar-refractivity contribution in [3.05, 3.63) is 34.3 Å². The van der Waals surface area contributed by atoms with E-state index in [1.54, 1.807) is 0 Å². The van der Waals surface area contributed by atoms with Gasteiger partial charge in [0.25, 0.3) is 0 Å². The zero-order chi connectivity index (χ0) is 17.9. The molecule has 1 aromatic carbocycles. The Kier molecular flexibility index (Phi) is 6.19. The van der Waals surface area contributed by atoms with E-state index in [1.807, 2.05) is 65.8 Å². The molecule has 3 nitrogen and oxygen atoms in total. The van der Waals surface area contributed by atoms with Crippen molar-refractivity contribution in [2.45, 2.75) is 65.4 Å². The van der Waals surface area contributed by atoms with Gasteiger partial charge in [-0.1, -0.05) is 41.9 Å². The van der Waals surface area contributed by atoms with E-state index in [0.717, 1.165) is 16.3 Å². The Labute approximate surface area is 147 Å². The van der Waals surface area contributed by atoms with Gasteiger partial charge in [0, 0.05) is 9.89 Å². The van der Waals surface area contributed by atoms with Gasteiger partial charge in [0.2, 0.25) is 0 Å². The van der Waals surface area contributed by atoms with Crippen LogP contribution in [0.25, 0.3) is 0 Å². The van der Waals surface area contributed by atoms with Crippen LogP contribution in [0, 0.1) is 5.41 Å². The molecular weight excluding hydrogens is 356 g/mol. The van der Waals surface area contributed by atoms with Gasteiger partial charge in [-0.25, -0.2) is 0 Å². The first-order valence-electron chi connectivity index (χ1n) is 7.85. The average Bonchev–Trinajstić information content (AvgIpc) is 2.43. The molecule has 1 atom stereocenters. The van der Waals surface area contributed by atoms with Gasteiger partial charge in [0.15, 0.2) is 0 Å². The van der Waals surface area contributed by atoms with E-state index >= 15 is 0 Å². The Morgan fingerprint density at radius 1 is 1.13 bits per heavy atom. The summed E-state index contributed by atoms with van der Waals surface area (Å²) in [7, 11) is 0. The zero-order valence-electron chi connectivity index (χ0n) is 14.9. The third-order valence-electron chi connectivity index (χ3n) is 3.90. The number of hydrogen-bond acceptors (Lipinski definition) is 3. The van der Waals surface area contributed by atoms with Crippen LogP contribution in [0.5, 0.6) is 0 Å². The number of carbonyl (C=O) groups excluding carboxylic acids is 2. The Morgan fingerprint density at radius 3 is 2.22 bits per heavy atom. The second-order valence-corrected chi connectivity index (χ2v) is 8.87. The summed E-state index contributed by atoms with van der Waals surface area (Å²) in [6.45, 7) is 11.3. The summed E-state index contributed by atoms with van der Waals surface area (Å²) in [5, 5.41) is 0. The fourth-order valence-corrected chi connectivity index (χ4v) is 2.62. The molecule has 0 spiro atoms. The fourth-order valence-electron chi connectivity index (χ4n) is 2.22. The number of rotatable bonds is 6. The molecule has 0 saturated carbocycles. The van der Waals surface area contributed by atoms with Crippen molar-refractivity contribution < 1.29 is 14.3 Å². The largest absolute Gasteiger partial charge is 0.459 e. The van der Waals surface area contributed by atoms with E-state index in [2.05, 4.69) is 15.9 Å². The lowest BCUT2D eigenvalue weighted by molar-refractivity contribution is -0.162. The van der Waals surface area contributed by atoms with Crippen LogP contribution in [0.1, 0.15) is 59.9 Å². The molecule has 4 heteroatoms. The predicted molar refractivity (Wildman–Crippen MR) is 96.4 cm³/mol. The maximum absolute atomic E-state index is 12.9. The minimum atomic E-state index is -0.794. The molecule has 128 valence electrons. The molecule has 0 aliphatic rings. The van der Waals surface area contributed by atoms with Gasteiger partial charge >= 0.3 is 5.97 Å². The van der Waals surface area contributed by atoms with Crippen molar-refractivity contribution in [1.82, 2.24) is 0 Å².